The molecule has 1 aliphatic heterocycles. The zero-order valence-corrected chi connectivity index (χ0v) is 15.1. The van der Waals surface area contributed by atoms with Crippen molar-refractivity contribution < 1.29 is 5.11 Å². The first kappa shape index (κ1) is 17.1. The highest BCUT2D eigenvalue weighted by molar-refractivity contribution is 5.18. The van der Waals surface area contributed by atoms with E-state index in [1.165, 1.54) is 5.56 Å². The molecule has 1 aliphatic rings. The molecule has 0 bridgehead atoms. The standard InChI is InChI=1S/C17H28N6O/c1-5-15-14(9-21(4)19-15)10-22-8-6-7-17(24,12-22)16-11-23(13(2)3)20-18-16/h9,11,13,24H,5-8,10,12H2,1-4H3/t17-/m0/s1. The van der Waals surface area contributed by atoms with Crippen molar-refractivity contribution in [1.29, 1.82) is 0 Å². The smallest absolute Gasteiger partial charge is 0.123 e. The summed E-state index contributed by atoms with van der Waals surface area (Å²) in [7, 11) is 1.96. The Morgan fingerprint density at radius 1 is 1.33 bits per heavy atom. The number of piperidine rings is 1. The van der Waals surface area contributed by atoms with E-state index in [2.05, 4.69) is 47.3 Å². The molecule has 7 heteroatoms. The minimum Gasteiger partial charge on any atom is -0.382 e. The molecule has 132 valence electrons. The molecule has 0 spiro atoms. The fourth-order valence-electron chi connectivity index (χ4n) is 3.46. The third kappa shape index (κ3) is 3.37. The van der Waals surface area contributed by atoms with Gasteiger partial charge in [0, 0.05) is 37.9 Å². The van der Waals surface area contributed by atoms with E-state index in [1.54, 1.807) is 0 Å². The fourth-order valence-corrected chi connectivity index (χ4v) is 3.46. The number of likely N-dealkylation sites (tertiary alicyclic amines) is 1. The lowest BCUT2D eigenvalue weighted by Gasteiger charge is -2.37. The highest BCUT2D eigenvalue weighted by Crippen LogP contribution is 2.31. The molecule has 2 aromatic heterocycles. The maximum absolute atomic E-state index is 11.1. The van der Waals surface area contributed by atoms with Crippen LogP contribution < -0.4 is 0 Å². The maximum atomic E-state index is 11.1. The second-order valence-electron chi connectivity index (χ2n) is 7.15. The molecular weight excluding hydrogens is 304 g/mol. The minimum atomic E-state index is -0.917. The van der Waals surface area contributed by atoms with Gasteiger partial charge in [-0.05, 0) is 39.7 Å². The Balaban J connectivity index is 1.75. The van der Waals surface area contributed by atoms with Gasteiger partial charge in [-0.15, -0.1) is 5.10 Å². The van der Waals surface area contributed by atoms with E-state index in [4.69, 9.17) is 0 Å². The number of aliphatic hydroxyl groups is 1. The van der Waals surface area contributed by atoms with Gasteiger partial charge in [0.2, 0.25) is 0 Å². The first-order valence-corrected chi connectivity index (χ1v) is 8.79. The van der Waals surface area contributed by atoms with Gasteiger partial charge in [0.1, 0.15) is 11.3 Å². The Labute approximate surface area is 143 Å². The van der Waals surface area contributed by atoms with E-state index in [1.807, 2.05) is 22.6 Å². The molecule has 3 heterocycles. The molecule has 0 unspecified atom stereocenters. The molecular formula is C17H28N6O. The first-order chi connectivity index (χ1) is 11.4. The summed E-state index contributed by atoms with van der Waals surface area (Å²) < 4.78 is 3.68. The first-order valence-electron chi connectivity index (χ1n) is 8.79. The summed E-state index contributed by atoms with van der Waals surface area (Å²) in [6, 6.07) is 0.247. The van der Waals surface area contributed by atoms with Crippen molar-refractivity contribution in [3.05, 3.63) is 29.3 Å². The third-order valence-corrected chi connectivity index (χ3v) is 4.79. The molecule has 1 atom stereocenters. The Morgan fingerprint density at radius 2 is 2.12 bits per heavy atom. The summed E-state index contributed by atoms with van der Waals surface area (Å²) >= 11 is 0. The molecule has 2 aromatic rings. The Kier molecular flexibility index (Phi) is 4.73. The van der Waals surface area contributed by atoms with Crippen LogP contribution in [0.3, 0.4) is 0 Å². The van der Waals surface area contributed by atoms with Crippen LogP contribution in [0.1, 0.15) is 56.6 Å². The van der Waals surface area contributed by atoms with Crippen LogP contribution >= 0.6 is 0 Å². The summed E-state index contributed by atoms with van der Waals surface area (Å²) in [5.41, 5.74) is 2.15. The van der Waals surface area contributed by atoms with E-state index in [0.717, 1.165) is 38.0 Å². The normalized spacial score (nSPS) is 22.4. The van der Waals surface area contributed by atoms with Gasteiger partial charge in [-0.25, -0.2) is 4.68 Å². The number of hydrogen-bond acceptors (Lipinski definition) is 5. The van der Waals surface area contributed by atoms with E-state index in [0.29, 0.717) is 12.2 Å². The van der Waals surface area contributed by atoms with Gasteiger partial charge >= 0.3 is 0 Å². The van der Waals surface area contributed by atoms with Gasteiger partial charge in [0.15, 0.2) is 0 Å². The van der Waals surface area contributed by atoms with Crippen molar-refractivity contribution in [3.63, 3.8) is 0 Å². The molecule has 3 rings (SSSR count). The summed E-state index contributed by atoms with van der Waals surface area (Å²) in [5.74, 6) is 0. The average Bonchev–Trinajstić information content (AvgIpc) is 3.14. The van der Waals surface area contributed by atoms with Crippen LogP contribution in [0.25, 0.3) is 0 Å². The van der Waals surface area contributed by atoms with Crippen LogP contribution in [-0.2, 0) is 25.6 Å². The number of aryl methyl sites for hydroxylation is 2. The molecule has 7 nitrogen and oxygen atoms in total. The predicted molar refractivity (Wildman–Crippen MR) is 91.4 cm³/mol. The summed E-state index contributed by atoms with van der Waals surface area (Å²) in [6.45, 7) is 8.63. The number of aromatic nitrogens is 5. The number of nitrogens with zero attached hydrogens (tertiary/aromatic N) is 6. The lowest BCUT2D eigenvalue weighted by Crippen LogP contribution is -2.46. The molecule has 1 N–H and O–H groups in total. The quantitative estimate of drug-likeness (QED) is 0.901. The van der Waals surface area contributed by atoms with Gasteiger partial charge < -0.3 is 5.11 Å². The molecule has 0 aliphatic carbocycles. The van der Waals surface area contributed by atoms with Crippen LogP contribution in [0.15, 0.2) is 12.4 Å². The predicted octanol–water partition coefficient (Wildman–Crippen LogP) is 1.64. The van der Waals surface area contributed by atoms with Crippen molar-refractivity contribution in [3.8, 4) is 0 Å². The lowest BCUT2D eigenvalue weighted by molar-refractivity contribution is -0.0415. The van der Waals surface area contributed by atoms with Crippen molar-refractivity contribution in [2.24, 2.45) is 7.05 Å². The van der Waals surface area contributed by atoms with Crippen LogP contribution in [-0.4, -0.2) is 47.9 Å². The van der Waals surface area contributed by atoms with E-state index in [-0.39, 0.29) is 6.04 Å². The van der Waals surface area contributed by atoms with Crippen molar-refractivity contribution in [2.45, 2.75) is 58.2 Å². The topological polar surface area (TPSA) is 72.0 Å². The number of hydrogen-bond donors (Lipinski definition) is 1. The molecule has 1 saturated heterocycles. The maximum Gasteiger partial charge on any atom is 0.123 e. The van der Waals surface area contributed by atoms with Crippen LogP contribution in [0.4, 0.5) is 0 Å². The van der Waals surface area contributed by atoms with E-state index < -0.39 is 5.60 Å². The molecule has 24 heavy (non-hydrogen) atoms. The Bertz CT molecular complexity index is 691. The zero-order chi connectivity index (χ0) is 17.3. The van der Waals surface area contributed by atoms with Crippen LogP contribution in [0, 0.1) is 0 Å². The van der Waals surface area contributed by atoms with Crippen LogP contribution in [0.5, 0.6) is 0 Å². The molecule has 0 aromatic carbocycles. The van der Waals surface area contributed by atoms with Crippen LogP contribution in [0.2, 0.25) is 0 Å². The van der Waals surface area contributed by atoms with Gasteiger partial charge in [0.25, 0.3) is 0 Å². The summed E-state index contributed by atoms with van der Waals surface area (Å²) in [6.07, 6.45) is 6.58. The number of β-amino-alcohol motifs (C(OH)–C–C–N with tert-alkyl or cyclic N) is 1. The van der Waals surface area contributed by atoms with Crippen molar-refractivity contribution in [1.82, 2.24) is 29.7 Å². The Morgan fingerprint density at radius 3 is 2.79 bits per heavy atom. The second-order valence-corrected chi connectivity index (χ2v) is 7.15. The van der Waals surface area contributed by atoms with Gasteiger partial charge in [0.05, 0.1) is 11.9 Å². The molecule has 0 radical (unpaired) electrons. The van der Waals surface area contributed by atoms with E-state index in [9.17, 15) is 5.11 Å². The number of rotatable bonds is 5. The van der Waals surface area contributed by atoms with Crippen molar-refractivity contribution in [2.75, 3.05) is 13.1 Å². The largest absolute Gasteiger partial charge is 0.382 e. The van der Waals surface area contributed by atoms with Crippen molar-refractivity contribution >= 4 is 0 Å². The average molecular weight is 332 g/mol. The molecule has 0 amide bonds. The summed E-state index contributed by atoms with van der Waals surface area (Å²) in [4.78, 5) is 2.30. The Hall–Kier alpha value is -1.73. The van der Waals surface area contributed by atoms with Gasteiger partial charge in [-0.3, -0.25) is 9.58 Å². The lowest BCUT2D eigenvalue weighted by atomic mass is 9.89. The monoisotopic (exact) mass is 332 g/mol. The third-order valence-electron chi connectivity index (χ3n) is 4.79. The second kappa shape index (κ2) is 6.64. The SMILES string of the molecule is CCc1nn(C)cc1CN1CCC[C@@](O)(c2cn(C(C)C)nn2)C1. The van der Waals surface area contributed by atoms with E-state index >= 15 is 0 Å². The van der Waals surface area contributed by atoms with Gasteiger partial charge in [-0.1, -0.05) is 12.1 Å². The minimum absolute atomic E-state index is 0.247. The summed E-state index contributed by atoms with van der Waals surface area (Å²) in [5, 5.41) is 24.0. The highest BCUT2D eigenvalue weighted by Gasteiger charge is 2.37. The van der Waals surface area contributed by atoms with Gasteiger partial charge in [-0.2, -0.15) is 5.10 Å². The molecule has 1 fully saturated rings. The molecule has 0 saturated carbocycles. The fraction of sp³-hybridized carbons (Fsp3) is 0.706. The zero-order valence-electron chi connectivity index (χ0n) is 15.1. The highest BCUT2D eigenvalue weighted by atomic mass is 16.3.